The molecule has 0 aromatic heterocycles. The zero-order chi connectivity index (χ0) is 11.7. The van der Waals surface area contributed by atoms with Gasteiger partial charge in [-0.1, -0.05) is 6.42 Å². The average Bonchev–Trinajstić information content (AvgIpc) is 2.38. The molecule has 3 fully saturated rings. The van der Waals surface area contributed by atoms with E-state index in [9.17, 15) is 5.11 Å². The van der Waals surface area contributed by atoms with E-state index in [2.05, 4.69) is 9.80 Å². The van der Waals surface area contributed by atoms with E-state index in [1.165, 1.54) is 58.3 Å². The van der Waals surface area contributed by atoms with Crippen LogP contribution in [0.1, 0.15) is 44.9 Å². The van der Waals surface area contributed by atoms with Crippen LogP contribution >= 0.6 is 0 Å². The molecule has 0 bridgehead atoms. The molecular weight excluding hydrogens is 212 g/mol. The molecule has 0 spiro atoms. The van der Waals surface area contributed by atoms with Gasteiger partial charge in [0, 0.05) is 31.7 Å². The van der Waals surface area contributed by atoms with Gasteiger partial charge >= 0.3 is 0 Å². The van der Waals surface area contributed by atoms with Crippen LogP contribution in [0.3, 0.4) is 0 Å². The molecule has 2 aliphatic heterocycles. The highest BCUT2D eigenvalue weighted by Crippen LogP contribution is 2.27. The number of aliphatic hydroxyl groups excluding tert-OH is 1. The number of piperidine rings is 1. The third-order valence-electron chi connectivity index (χ3n) is 5.00. The molecule has 3 rings (SSSR count). The second-order valence-electron chi connectivity index (χ2n) is 6.15. The minimum absolute atomic E-state index is 0.0295. The third kappa shape index (κ3) is 2.67. The fourth-order valence-electron chi connectivity index (χ4n) is 3.98. The average molecular weight is 238 g/mol. The summed E-state index contributed by atoms with van der Waals surface area (Å²) in [5.41, 5.74) is 0. The van der Waals surface area contributed by atoms with E-state index in [-0.39, 0.29) is 6.10 Å². The molecule has 1 N–H and O–H groups in total. The lowest BCUT2D eigenvalue weighted by molar-refractivity contribution is -0.00212. The minimum atomic E-state index is -0.0295. The molecule has 0 aromatic rings. The zero-order valence-electron chi connectivity index (χ0n) is 10.9. The number of hydrogen-bond acceptors (Lipinski definition) is 3. The van der Waals surface area contributed by atoms with Gasteiger partial charge in [0.05, 0.1) is 6.10 Å². The SMILES string of the molecule is OC1CCCC(N2CCN3CCCCC3C2)C1. The van der Waals surface area contributed by atoms with Crippen molar-refractivity contribution in [1.29, 1.82) is 0 Å². The first-order valence-corrected chi connectivity index (χ1v) is 7.49. The fraction of sp³-hybridized carbons (Fsp3) is 1.00. The molecule has 0 amide bonds. The Labute approximate surface area is 105 Å². The Balaban J connectivity index is 1.57. The first-order valence-electron chi connectivity index (χ1n) is 7.49. The standard InChI is InChI=1S/C14H26N2O/c17-14-6-3-5-12(10-14)16-9-8-15-7-2-1-4-13(15)11-16/h12-14,17H,1-11H2. The molecule has 3 unspecified atom stereocenters. The monoisotopic (exact) mass is 238 g/mol. The first-order chi connectivity index (χ1) is 8.33. The zero-order valence-corrected chi connectivity index (χ0v) is 10.9. The molecule has 3 nitrogen and oxygen atoms in total. The Kier molecular flexibility index (Phi) is 3.69. The summed E-state index contributed by atoms with van der Waals surface area (Å²) in [4.78, 5) is 5.37. The molecule has 1 aliphatic carbocycles. The van der Waals surface area contributed by atoms with Crippen LogP contribution in [0.5, 0.6) is 0 Å². The fourth-order valence-corrected chi connectivity index (χ4v) is 3.98. The second-order valence-corrected chi connectivity index (χ2v) is 6.15. The minimum Gasteiger partial charge on any atom is -0.393 e. The topological polar surface area (TPSA) is 26.7 Å². The summed E-state index contributed by atoms with van der Waals surface area (Å²) in [7, 11) is 0. The van der Waals surface area contributed by atoms with Gasteiger partial charge in [-0.15, -0.1) is 0 Å². The summed E-state index contributed by atoms with van der Waals surface area (Å²) in [6.07, 6.45) is 8.76. The van der Waals surface area contributed by atoms with E-state index in [0.29, 0.717) is 6.04 Å². The maximum absolute atomic E-state index is 9.81. The number of rotatable bonds is 1. The van der Waals surface area contributed by atoms with E-state index in [1.807, 2.05) is 0 Å². The first kappa shape index (κ1) is 11.9. The molecule has 3 aliphatic rings. The van der Waals surface area contributed by atoms with Crippen molar-refractivity contribution in [2.24, 2.45) is 0 Å². The van der Waals surface area contributed by atoms with Crippen molar-refractivity contribution in [2.45, 2.75) is 63.1 Å². The maximum atomic E-state index is 9.81. The summed E-state index contributed by atoms with van der Waals surface area (Å²) < 4.78 is 0. The smallest absolute Gasteiger partial charge is 0.0555 e. The lowest BCUT2D eigenvalue weighted by Gasteiger charge is -2.47. The Morgan fingerprint density at radius 3 is 2.47 bits per heavy atom. The molecule has 3 atom stereocenters. The molecule has 98 valence electrons. The Hall–Kier alpha value is -0.120. The molecular formula is C14H26N2O. The van der Waals surface area contributed by atoms with Crippen molar-refractivity contribution in [1.82, 2.24) is 9.80 Å². The number of nitrogens with zero attached hydrogens (tertiary/aromatic N) is 2. The van der Waals surface area contributed by atoms with Gasteiger partial charge in [-0.25, -0.2) is 0 Å². The largest absolute Gasteiger partial charge is 0.393 e. The van der Waals surface area contributed by atoms with Gasteiger partial charge < -0.3 is 5.11 Å². The summed E-state index contributed by atoms with van der Waals surface area (Å²) in [6.45, 7) is 5.08. The number of aliphatic hydroxyl groups is 1. The second kappa shape index (κ2) is 5.25. The van der Waals surface area contributed by atoms with Gasteiger partial charge in [0.1, 0.15) is 0 Å². The van der Waals surface area contributed by atoms with E-state index in [4.69, 9.17) is 0 Å². The van der Waals surface area contributed by atoms with Gasteiger partial charge in [0.15, 0.2) is 0 Å². The molecule has 2 heterocycles. The van der Waals surface area contributed by atoms with Crippen LogP contribution in [-0.4, -0.2) is 59.3 Å². The lowest BCUT2D eigenvalue weighted by atomic mass is 9.90. The van der Waals surface area contributed by atoms with Crippen LogP contribution in [0, 0.1) is 0 Å². The molecule has 0 radical (unpaired) electrons. The molecule has 3 heteroatoms. The predicted molar refractivity (Wildman–Crippen MR) is 69.0 cm³/mol. The highest BCUT2D eigenvalue weighted by molar-refractivity contribution is 4.89. The molecule has 2 saturated heterocycles. The number of piperazine rings is 1. The van der Waals surface area contributed by atoms with Crippen LogP contribution in [0.25, 0.3) is 0 Å². The van der Waals surface area contributed by atoms with Gasteiger partial charge in [-0.05, 0) is 45.1 Å². The third-order valence-corrected chi connectivity index (χ3v) is 5.00. The van der Waals surface area contributed by atoms with Crippen LogP contribution < -0.4 is 0 Å². The summed E-state index contributed by atoms with van der Waals surface area (Å²) in [6, 6.07) is 1.49. The van der Waals surface area contributed by atoms with Crippen LogP contribution in [0.2, 0.25) is 0 Å². The Bertz CT molecular complexity index is 259. The van der Waals surface area contributed by atoms with E-state index in [0.717, 1.165) is 18.9 Å². The van der Waals surface area contributed by atoms with Crippen molar-refractivity contribution in [3.05, 3.63) is 0 Å². The summed E-state index contributed by atoms with van der Waals surface area (Å²) in [5.74, 6) is 0. The normalized spacial score (nSPS) is 41.1. The van der Waals surface area contributed by atoms with E-state index in [1.54, 1.807) is 0 Å². The Morgan fingerprint density at radius 2 is 1.59 bits per heavy atom. The van der Waals surface area contributed by atoms with Crippen molar-refractivity contribution in [3.63, 3.8) is 0 Å². The highest BCUT2D eigenvalue weighted by atomic mass is 16.3. The molecule has 1 saturated carbocycles. The summed E-state index contributed by atoms with van der Waals surface area (Å²) in [5, 5.41) is 9.81. The van der Waals surface area contributed by atoms with Gasteiger partial charge in [-0.2, -0.15) is 0 Å². The van der Waals surface area contributed by atoms with Gasteiger partial charge in [-0.3, -0.25) is 9.80 Å². The van der Waals surface area contributed by atoms with Crippen molar-refractivity contribution < 1.29 is 5.11 Å². The van der Waals surface area contributed by atoms with Crippen molar-refractivity contribution in [2.75, 3.05) is 26.2 Å². The molecule has 17 heavy (non-hydrogen) atoms. The lowest BCUT2D eigenvalue weighted by Crippen LogP contribution is -2.57. The van der Waals surface area contributed by atoms with E-state index >= 15 is 0 Å². The maximum Gasteiger partial charge on any atom is 0.0555 e. The van der Waals surface area contributed by atoms with Crippen LogP contribution in [0.15, 0.2) is 0 Å². The van der Waals surface area contributed by atoms with Crippen molar-refractivity contribution in [3.8, 4) is 0 Å². The summed E-state index contributed by atoms with van der Waals surface area (Å²) >= 11 is 0. The van der Waals surface area contributed by atoms with E-state index < -0.39 is 0 Å². The quantitative estimate of drug-likeness (QED) is 0.749. The van der Waals surface area contributed by atoms with Gasteiger partial charge in [0.2, 0.25) is 0 Å². The van der Waals surface area contributed by atoms with Crippen LogP contribution in [-0.2, 0) is 0 Å². The Morgan fingerprint density at radius 1 is 0.765 bits per heavy atom. The molecule has 0 aromatic carbocycles. The van der Waals surface area contributed by atoms with Gasteiger partial charge in [0.25, 0.3) is 0 Å². The number of hydrogen-bond donors (Lipinski definition) is 1. The van der Waals surface area contributed by atoms with Crippen LogP contribution in [0.4, 0.5) is 0 Å². The van der Waals surface area contributed by atoms with Crippen molar-refractivity contribution >= 4 is 0 Å². The number of fused-ring (bicyclic) bond motifs is 1. The highest BCUT2D eigenvalue weighted by Gasteiger charge is 2.33. The predicted octanol–water partition coefficient (Wildman–Crippen LogP) is 1.46.